The van der Waals surface area contributed by atoms with Crippen molar-refractivity contribution in [1.82, 2.24) is 5.32 Å². The SMILES string of the molecule is COc1ccc(NC(=O)c2cc3cccc(C(=O)NCC4CCCO4)c3o2)cc1. The topological polar surface area (TPSA) is 89.8 Å². The van der Waals surface area contributed by atoms with Gasteiger partial charge in [0, 0.05) is 24.2 Å². The van der Waals surface area contributed by atoms with Crippen molar-refractivity contribution in [3.63, 3.8) is 0 Å². The van der Waals surface area contributed by atoms with Gasteiger partial charge in [-0.25, -0.2) is 0 Å². The number of carbonyl (C=O) groups is 2. The fourth-order valence-corrected chi connectivity index (χ4v) is 3.33. The molecule has 0 bridgehead atoms. The highest BCUT2D eigenvalue weighted by Gasteiger charge is 2.20. The first kappa shape index (κ1) is 19.0. The average molecular weight is 394 g/mol. The highest BCUT2D eigenvalue weighted by Crippen LogP contribution is 2.24. The largest absolute Gasteiger partial charge is 0.497 e. The van der Waals surface area contributed by atoms with Gasteiger partial charge in [0.15, 0.2) is 5.76 Å². The summed E-state index contributed by atoms with van der Waals surface area (Å²) in [4.78, 5) is 25.2. The summed E-state index contributed by atoms with van der Waals surface area (Å²) in [7, 11) is 1.58. The van der Waals surface area contributed by atoms with E-state index in [0.29, 0.717) is 34.5 Å². The van der Waals surface area contributed by atoms with E-state index in [0.717, 1.165) is 19.4 Å². The van der Waals surface area contributed by atoms with Crippen molar-refractivity contribution in [3.8, 4) is 5.75 Å². The summed E-state index contributed by atoms with van der Waals surface area (Å²) in [6.07, 6.45) is 2.02. The third kappa shape index (κ3) is 4.25. The number of anilines is 1. The molecular formula is C22H22N2O5. The number of methoxy groups -OCH3 is 1. The van der Waals surface area contributed by atoms with Crippen LogP contribution in [0.2, 0.25) is 0 Å². The first-order valence-corrected chi connectivity index (χ1v) is 9.52. The molecule has 0 spiro atoms. The fourth-order valence-electron chi connectivity index (χ4n) is 3.33. The van der Waals surface area contributed by atoms with Gasteiger partial charge in [-0.15, -0.1) is 0 Å². The van der Waals surface area contributed by atoms with Crippen LogP contribution in [0.15, 0.2) is 52.9 Å². The van der Waals surface area contributed by atoms with Gasteiger partial charge >= 0.3 is 0 Å². The minimum absolute atomic E-state index is 0.0561. The summed E-state index contributed by atoms with van der Waals surface area (Å²) in [5.41, 5.74) is 1.40. The van der Waals surface area contributed by atoms with E-state index < -0.39 is 5.91 Å². The summed E-state index contributed by atoms with van der Waals surface area (Å²) < 4.78 is 16.4. The van der Waals surface area contributed by atoms with Crippen molar-refractivity contribution in [3.05, 3.63) is 59.9 Å². The molecule has 1 unspecified atom stereocenters. The molecule has 150 valence electrons. The Balaban J connectivity index is 1.50. The van der Waals surface area contributed by atoms with Crippen molar-refractivity contribution in [2.24, 2.45) is 0 Å². The van der Waals surface area contributed by atoms with Gasteiger partial charge in [0.25, 0.3) is 11.8 Å². The van der Waals surface area contributed by atoms with E-state index >= 15 is 0 Å². The molecule has 1 fully saturated rings. The quantitative estimate of drug-likeness (QED) is 0.667. The number of furan rings is 1. The Kier molecular flexibility index (Phi) is 5.48. The van der Waals surface area contributed by atoms with Gasteiger partial charge in [-0.05, 0) is 49.2 Å². The summed E-state index contributed by atoms with van der Waals surface area (Å²) in [6, 6.07) is 13.9. The molecule has 4 rings (SSSR count). The number of para-hydroxylation sites is 1. The maximum atomic E-state index is 12.6. The van der Waals surface area contributed by atoms with Gasteiger partial charge in [-0.3, -0.25) is 9.59 Å². The molecule has 1 aliphatic heterocycles. The lowest BCUT2D eigenvalue weighted by atomic mass is 10.1. The maximum absolute atomic E-state index is 12.6. The zero-order chi connectivity index (χ0) is 20.2. The number of hydrogen-bond acceptors (Lipinski definition) is 5. The van der Waals surface area contributed by atoms with Gasteiger partial charge in [0.1, 0.15) is 11.3 Å². The number of amides is 2. The Morgan fingerprint density at radius 1 is 1.14 bits per heavy atom. The first-order chi connectivity index (χ1) is 14.1. The fraction of sp³-hybridized carbons (Fsp3) is 0.273. The number of carbonyl (C=O) groups excluding carboxylic acids is 2. The predicted octanol–water partition coefficient (Wildman–Crippen LogP) is 3.60. The third-order valence-corrected chi connectivity index (χ3v) is 4.87. The Labute approximate surface area is 168 Å². The second-order valence-electron chi connectivity index (χ2n) is 6.86. The molecule has 7 nitrogen and oxygen atoms in total. The number of hydrogen-bond donors (Lipinski definition) is 2. The first-order valence-electron chi connectivity index (χ1n) is 9.52. The number of fused-ring (bicyclic) bond motifs is 1. The zero-order valence-electron chi connectivity index (χ0n) is 16.1. The Morgan fingerprint density at radius 3 is 2.69 bits per heavy atom. The highest BCUT2D eigenvalue weighted by molar-refractivity contribution is 6.09. The number of ether oxygens (including phenoxy) is 2. The van der Waals surface area contributed by atoms with E-state index in [-0.39, 0.29) is 17.8 Å². The minimum Gasteiger partial charge on any atom is -0.497 e. The maximum Gasteiger partial charge on any atom is 0.291 e. The number of rotatable bonds is 6. The molecule has 1 saturated heterocycles. The molecule has 1 aliphatic rings. The standard InChI is InChI=1S/C22H22N2O5/c1-27-16-9-7-15(8-10-16)24-22(26)19-12-14-4-2-6-18(20(14)29-19)21(25)23-13-17-5-3-11-28-17/h2,4,6-10,12,17H,3,5,11,13H2,1H3,(H,23,25)(H,24,26). The molecule has 7 heteroatoms. The van der Waals surface area contributed by atoms with Crippen LogP contribution in [0, 0.1) is 0 Å². The lowest BCUT2D eigenvalue weighted by molar-refractivity contribution is 0.0857. The summed E-state index contributed by atoms with van der Waals surface area (Å²) >= 11 is 0. The molecule has 2 aromatic carbocycles. The molecule has 2 amide bonds. The molecule has 2 heterocycles. The molecule has 0 radical (unpaired) electrons. The van der Waals surface area contributed by atoms with Crippen molar-refractivity contribution >= 4 is 28.5 Å². The molecular weight excluding hydrogens is 372 g/mol. The van der Waals surface area contributed by atoms with Crippen molar-refractivity contribution in [2.45, 2.75) is 18.9 Å². The summed E-state index contributed by atoms with van der Waals surface area (Å²) in [5.74, 6) is 0.195. The van der Waals surface area contributed by atoms with Crippen LogP contribution < -0.4 is 15.4 Å². The second-order valence-corrected chi connectivity index (χ2v) is 6.86. The van der Waals surface area contributed by atoms with E-state index in [1.807, 2.05) is 0 Å². The van der Waals surface area contributed by atoms with Crippen molar-refractivity contribution in [1.29, 1.82) is 0 Å². The van der Waals surface area contributed by atoms with Crippen molar-refractivity contribution in [2.75, 3.05) is 25.6 Å². The Hall–Kier alpha value is -3.32. The van der Waals surface area contributed by atoms with Gasteiger partial charge in [-0.2, -0.15) is 0 Å². The van der Waals surface area contributed by atoms with Crippen LogP contribution in [0.4, 0.5) is 5.69 Å². The van der Waals surface area contributed by atoms with Crippen LogP contribution in [0.5, 0.6) is 5.75 Å². The molecule has 3 aromatic rings. The lowest BCUT2D eigenvalue weighted by Crippen LogP contribution is -2.31. The van der Waals surface area contributed by atoms with Gasteiger partial charge in [0.2, 0.25) is 0 Å². The van der Waals surface area contributed by atoms with E-state index in [1.54, 1.807) is 55.6 Å². The number of nitrogens with one attached hydrogen (secondary N) is 2. The van der Waals surface area contributed by atoms with Crippen LogP contribution in [-0.2, 0) is 4.74 Å². The molecule has 2 N–H and O–H groups in total. The average Bonchev–Trinajstić information content (AvgIpc) is 3.42. The Morgan fingerprint density at radius 2 is 1.97 bits per heavy atom. The smallest absolute Gasteiger partial charge is 0.291 e. The normalized spacial score (nSPS) is 16.0. The highest BCUT2D eigenvalue weighted by atomic mass is 16.5. The molecule has 29 heavy (non-hydrogen) atoms. The van der Waals surface area contributed by atoms with E-state index in [4.69, 9.17) is 13.9 Å². The van der Waals surface area contributed by atoms with E-state index in [2.05, 4.69) is 10.6 Å². The summed E-state index contributed by atoms with van der Waals surface area (Å²) in [5, 5.41) is 6.35. The van der Waals surface area contributed by atoms with Gasteiger partial charge < -0.3 is 24.5 Å². The van der Waals surface area contributed by atoms with Crippen LogP contribution in [0.25, 0.3) is 11.0 Å². The van der Waals surface area contributed by atoms with Crippen LogP contribution >= 0.6 is 0 Å². The molecule has 1 aromatic heterocycles. The van der Waals surface area contributed by atoms with Crippen molar-refractivity contribution < 1.29 is 23.5 Å². The van der Waals surface area contributed by atoms with Crippen LogP contribution in [-0.4, -0.2) is 38.2 Å². The van der Waals surface area contributed by atoms with Gasteiger partial charge in [-0.1, -0.05) is 12.1 Å². The Bertz CT molecular complexity index is 1020. The molecule has 0 aliphatic carbocycles. The minimum atomic E-state index is -0.392. The third-order valence-electron chi connectivity index (χ3n) is 4.87. The van der Waals surface area contributed by atoms with Crippen LogP contribution in [0.3, 0.4) is 0 Å². The van der Waals surface area contributed by atoms with E-state index in [9.17, 15) is 9.59 Å². The summed E-state index contributed by atoms with van der Waals surface area (Å²) in [6.45, 7) is 1.20. The van der Waals surface area contributed by atoms with Crippen LogP contribution in [0.1, 0.15) is 33.8 Å². The molecule has 1 atom stereocenters. The second kappa shape index (κ2) is 8.36. The number of benzene rings is 2. The lowest BCUT2D eigenvalue weighted by Gasteiger charge is -2.10. The predicted molar refractivity (Wildman–Crippen MR) is 108 cm³/mol. The van der Waals surface area contributed by atoms with Gasteiger partial charge in [0.05, 0.1) is 18.8 Å². The molecule has 0 saturated carbocycles. The van der Waals surface area contributed by atoms with E-state index in [1.165, 1.54) is 0 Å². The monoisotopic (exact) mass is 394 g/mol. The zero-order valence-corrected chi connectivity index (χ0v) is 16.1.